The van der Waals surface area contributed by atoms with Crippen molar-refractivity contribution in [3.8, 4) is 11.5 Å². The SMILES string of the molecule is CCNC(=NCc1ccc(OC)c(OC)c1)NC1CCN(c2ncccc2Cl)C1.I. The van der Waals surface area contributed by atoms with Crippen molar-refractivity contribution in [3.05, 3.63) is 47.1 Å². The number of nitrogens with one attached hydrogen (secondary N) is 2. The van der Waals surface area contributed by atoms with Gasteiger partial charge < -0.3 is 25.0 Å². The highest BCUT2D eigenvalue weighted by Gasteiger charge is 2.25. The Labute approximate surface area is 200 Å². The van der Waals surface area contributed by atoms with Gasteiger partial charge in [-0.2, -0.15) is 0 Å². The van der Waals surface area contributed by atoms with E-state index >= 15 is 0 Å². The maximum Gasteiger partial charge on any atom is 0.191 e. The Morgan fingerprint density at radius 3 is 2.77 bits per heavy atom. The highest BCUT2D eigenvalue weighted by atomic mass is 127. The lowest BCUT2D eigenvalue weighted by molar-refractivity contribution is 0.354. The van der Waals surface area contributed by atoms with E-state index in [0.29, 0.717) is 23.1 Å². The van der Waals surface area contributed by atoms with Gasteiger partial charge in [0.1, 0.15) is 5.82 Å². The molecule has 1 aromatic heterocycles. The molecule has 3 rings (SSSR count). The molecule has 0 bridgehead atoms. The van der Waals surface area contributed by atoms with Crippen molar-refractivity contribution in [2.75, 3.05) is 38.8 Å². The van der Waals surface area contributed by atoms with E-state index in [1.165, 1.54) is 0 Å². The van der Waals surface area contributed by atoms with Crippen molar-refractivity contribution in [3.63, 3.8) is 0 Å². The maximum absolute atomic E-state index is 6.29. The van der Waals surface area contributed by atoms with Crippen LogP contribution in [-0.4, -0.2) is 50.8 Å². The number of hydrogen-bond acceptors (Lipinski definition) is 5. The molecule has 1 aliphatic heterocycles. The maximum atomic E-state index is 6.29. The van der Waals surface area contributed by atoms with Gasteiger partial charge in [0.2, 0.25) is 0 Å². The fraction of sp³-hybridized carbons (Fsp3) is 0.429. The molecule has 1 saturated heterocycles. The third-order valence-corrected chi connectivity index (χ3v) is 5.07. The summed E-state index contributed by atoms with van der Waals surface area (Å²) in [7, 11) is 3.27. The molecule has 1 aromatic carbocycles. The topological polar surface area (TPSA) is 71.0 Å². The quantitative estimate of drug-likeness (QED) is 0.314. The van der Waals surface area contributed by atoms with Crippen molar-refractivity contribution in [1.82, 2.24) is 15.6 Å². The van der Waals surface area contributed by atoms with Gasteiger partial charge in [0, 0.05) is 31.9 Å². The molecule has 2 aromatic rings. The molecule has 2 heterocycles. The summed E-state index contributed by atoms with van der Waals surface area (Å²) >= 11 is 6.29. The Hall–Kier alpha value is -1.94. The van der Waals surface area contributed by atoms with Crippen molar-refractivity contribution >= 4 is 47.4 Å². The number of benzene rings is 1. The summed E-state index contributed by atoms with van der Waals surface area (Å²) in [4.78, 5) is 11.4. The van der Waals surface area contributed by atoms with Crippen LogP contribution >= 0.6 is 35.6 Å². The smallest absolute Gasteiger partial charge is 0.191 e. The van der Waals surface area contributed by atoms with E-state index in [1.54, 1.807) is 20.4 Å². The van der Waals surface area contributed by atoms with E-state index in [4.69, 9.17) is 26.1 Å². The number of guanidine groups is 1. The second kappa shape index (κ2) is 12.0. The Morgan fingerprint density at radius 1 is 1.27 bits per heavy atom. The van der Waals surface area contributed by atoms with Crippen LogP contribution < -0.4 is 25.0 Å². The summed E-state index contributed by atoms with van der Waals surface area (Å²) < 4.78 is 10.7. The standard InChI is InChI=1S/C21H28ClN5O2.HI/c1-4-23-21(25-13-15-7-8-18(28-2)19(12-15)29-3)26-16-9-11-27(14-16)20-17(22)6-5-10-24-20;/h5-8,10,12,16H,4,9,11,13-14H2,1-3H3,(H2,23,25,26);1H. The first kappa shape index (κ1) is 24.3. The van der Waals surface area contributed by atoms with E-state index in [2.05, 4.69) is 27.4 Å². The van der Waals surface area contributed by atoms with Gasteiger partial charge in [0.25, 0.3) is 0 Å². The largest absolute Gasteiger partial charge is 0.493 e. The van der Waals surface area contributed by atoms with E-state index in [1.807, 2.05) is 30.3 Å². The minimum atomic E-state index is 0. The second-order valence-electron chi connectivity index (χ2n) is 6.77. The van der Waals surface area contributed by atoms with E-state index < -0.39 is 0 Å². The van der Waals surface area contributed by atoms with Gasteiger partial charge >= 0.3 is 0 Å². The van der Waals surface area contributed by atoms with Crippen molar-refractivity contribution in [2.24, 2.45) is 4.99 Å². The minimum absolute atomic E-state index is 0. The lowest BCUT2D eigenvalue weighted by atomic mass is 10.2. The summed E-state index contributed by atoms with van der Waals surface area (Å²) in [6, 6.07) is 9.84. The number of ether oxygens (including phenoxy) is 2. The molecule has 2 N–H and O–H groups in total. The van der Waals surface area contributed by atoms with E-state index in [0.717, 1.165) is 43.4 Å². The van der Waals surface area contributed by atoms with Crippen LogP contribution in [0.25, 0.3) is 0 Å². The van der Waals surface area contributed by atoms with Gasteiger partial charge in [-0.1, -0.05) is 17.7 Å². The van der Waals surface area contributed by atoms with Crippen LogP contribution in [0.15, 0.2) is 41.5 Å². The number of pyridine rings is 1. The van der Waals surface area contributed by atoms with Crippen LogP contribution in [0.5, 0.6) is 11.5 Å². The van der Waals surface area contributed by atoms with Crippen molar-refractivity contribution in [1.29, 1.82) is 0 Å². The van der Waals surface area contributed by atoms with Crippen molar-refractivity contribution in [2.45, 2.75) is 25.9 Å². The molecule has 0 radical (unpaired) electrons. The van der Waals surface area contributed by atoms with E-state index in [9.17, 15) is 0 Å². The number of anilines is 1. The molecule has 0 amide bonds. The molecule has 1 aliphatic rings. The van der Waals surface area contributed by atoms with Gasteiger partial charge in [0.05, 0.1) is 25.8 Å². The Kier molecular flexibility index (Phi) is 9.77. The second-order valence-corrected chi connectivity index (χ2v) is 7.18. The Balaban J connectivity index is 0.00000320. The van der Waals surface area contributed by atoms with Gasteiger partial charge in [-0.3, -0.25) is 0 Å². The van der Waals surface area contributed by atoms with Gasteiger partial charge in [-0.25, -0.2) is 9.98 Å². The van der Waals surface area contributed by atoms with E-state index in [-0.39, 0.29) is 30.0 Å². The number of halogens is 2. The fourth-order valence-corrected chi connectivity index (χ4v) is 3.58. The molecule has 30 heavy (non-hydrogen) atoms. The van der Waals surface area contributed by atoms with Gasteiger partial charge in [-0.05, 0) is 43.2 Å². The Morgan fingerprint density at radius 2 is 2.07 bits per heavy atom. The molecule has 164 valence electrons. The predicted molar refractivity (Wildman–Crippen MR) is 133 cm³/mol. The van der Waals surface area contributed by atoms with Crippen LogP contribution in [-0.2, 0) is 6.54 Å². The molecule has 1 unspecified atom stereocenters. The summed E-state index contributed by atoms with van der Waals surface area (Å²) in [5.74, 6) is 3.05. The lowest BCUT2D eigenvalue weighted by Gasteiger charge is -2.20. The summed E-state index contributed by atoms with van der Waals surface area (Å²) in [5.41, 5.74) is 1.05. The van der Waals surface area contributed by atoms with Crippen LogP contribution in [0.2, 0.25) is 5.02 Å². The summed E-state index contributed by atoms with van der Waals surface area (Å²) in [6.45, 7) is 5.13. The molecular weight excluding hydrogens is 517 g/mol. The number of aliphatic imine (C=N–C) groups is 1. The highest BCUT2D eigenvalue weighted by molar-refractivity contribution is 14.0. The minimum Gasteiger partial charge on any atom is -0.493 e. The highest BCUT2D eigenvalue weighted by Crippen LogP contribution is 2.28. The monoisotopic (exact) mass is 545 g/mol. The molecule has 0 aliphatic carbocycles. The fourth-order valence-electron chi connectivity index (χ4n) is 3.34. The molecule has 9 heteroatoms. The number of nitrogens with zero attached hydrogens (tertiary/aromatic N) is 3. The normalized spacial score (nSPS) is 16.1. The number of rotatable bonds is 7. The summed E-state index contributed by atoms with van der Waals surface area (Å²) in [6.07, 6.45) is 2.77. The molecular formula is C21H29ClIN5O2. The zero-order valence-electron chi connectivity index (χ0n) is 17.5. The molecule has 1 atom stereocenters. The number of aromatic nitrogens is 1. The van der Waals surface area contributed by atoms with Crippen LogP contribution in [0, 0.1) is 0 Å². The van der Waals surface area contributed by atoms with Crippen LogP contribution in [0.1, 0.15) is 18.9 Å². The molecule has 1 fully saturated rings. The zero-order valence-corrected chi connectivity index (χ0v) is 20.6. The lowest BCUT2D eigenvalue weighted by Crippen LogP contribution is -2.44. The first-order chi connectivity index (χ1) is 14.1. The first-order valence-corrected chi connectivity index (χ1v) is 10.1. The number of methoxy groups -OCH3 is 2. The van der Waals surface area contributed by atoms with Crippen LogP contribution in [0.3, 0.4) is 0 Å². The van der Waals surface area contributed by atoms with Gasteiger partial charge in [0.15, 0.2) is 17.5 Å². The third-order valence-electron chi connectivity index (χ3n) is 4.78. The molecule has 7 nitrogen and oxygen atoms in total. The van der Waals surface area contributed by atoms with Crippen LogP contribution in [0.4, 0.5) is 5.82 Å². The van der Waals surface area contributed by atoms with Crippen molar-refractivity contribution < 1.29 is 9.47 Å². The summed E-state index contributed by atoms with van der Waals surface area (Å²) in [5, 5.41) is 7.53. The molecule has 0 spiro atoms. The third kappa shape index (κ3) is 6.28. The average Bonchev–Trinajstić information content (AvgIpc) is 3.20. The molecule has 0 saturated carbocycles. The predicted octanol–water partition coefficient (Wildman–Crippen LogP) is 3.70. The zero-order chi connectivity index (χ0) is 20.6. The number of hydrogen-bond donors (Lipinski definition) is 2. The first-order valence-electron chi connectivity index (χ1n) is 9.75. The Bertz CT molecular complexity index is 852. The average molecular weight is 546 g/mol. The van der Waals surface area contributed by atoms with Gasteiger partial charge in [-0.15, -0.1) is 24.0 Å².